The van der Waals surface area contributed by atoms with Gasteiger partial charge in [-0.1, -0.05) is 19.3 Å². The molecule has 0 radical (unpaired) electrons. The molecule has 1 atom stereocenters. The maximum Gasteiger partial charge on any atom is 0.203 e. The summed E-state index contributed by atoms with van der Waals surface area (Å²) in [5.41, 5.74) is -0.191. The Balaban J connectivity index is 1.64. The summed E-state index contributed by atoms with van der Waals surface area (Å²) >= 11 is 0. The van der Waals surface area contributed by atoms with E-state index in [9.17, 15) is 0 Å². The van der Waals surface area contributed by atoms with E-state index in [-0.39, 0.29) is 5.60 Å². The zero-order valence-electron chi connectivity index (χ0n) is 12.3. The number of aromatic nitrogens is 2. The number of nitrogens with one attached hydrogen (secondary N) is 1. The van der Waals surface area contributed by atoms with Gasteiger partial charge in [-0.15, -0.1) is 0 Å². The van der Waals surface area contributed by atoms with Gasteiger partial charge in [0.25, 0.3) is 0 Å². The molecule has 20 heavy (non-hydrogen) atoms. The SMILES string of the molecule is COC1(CNc2nccn2C2CCCCC2)CCOC1. The van der Waals surface area contributed by atoms with Gasteiger partial charge in [0, 0.05) is 45.1 Å². The highest BCUT2D eigenvalue weighted by Crippen LogP contribution is 2.30. The van der Waals surface area contributed by atoms with E-state index in [0.29, 0.717) is 12.6 Å². The van der Waals surface area contributed by atoms with E-state index in [1.54, 1.807) is 7.11 Å². The second kappa shape index (κ2) is 6.14. The molecule has 0 bridgehead atoms. The van der Waals surface area contributed by atoms with Crippen LogP contribution in [0.25, 0.3) is 0 Å². The van der Waals surface area contributed by atoms with E-state index in [1.807, 2.05) is 6.20 Å². The van der Waals surface area contributed by atoms with E-state index >= 15 is 0 Å². The van der Waals surface area contributed by atoms with E-state index in [0.717, 1.165) is 25.5 Å². The van der Waals surface area contributed by atoms with Gasteiger partial charge in [0.15, 0.2) is 0 Å². The zero-order valence-corrected chi connectivity index (χ0v) is 12.3. The highest BCUT2D eigenvalue weighted by Gasteiger charge is 2.35. The van der Waals surface area contributed by atoms with Crippen LogP contribution in [0.2, 0.25) is 0 Å². The van der Waals surface area contributed by atoms with Crippen molar-refractivity contribution in [3.05, 3.63) is 12.4 Å². The van der Waals surface area contributed by atoms with Crippen LogP contribution < -0.4 is 5.32 Å². The Morgan fingerprint density at radius 3 is 3.00 bits per heavy atom. The molecule has 0 aromatic carbocycles. The molecule has 1 saturated carbocycles. The van der Waals surface area contributed by atoms with Crippen LogP contribution >= 0.6 is 0 Å². The molecule has 112 valence electrons. The van der Waals surface area contributed by atoms with Crippen molar-refractivity contribution in [1.29, 1.82) is 0 Å². The zero-order chi connectivity index (χ0) is 13.8. The van der Waals surface area contributed by atoms with Crippen molar-refractivity contribution in [1.82, 2.24) is 9.55 Å². The number of nitrogens with zero attached hydrogens (tertiary/aromatic N) is 2. The second-order valence-electron chi connectivity index (χ2n) is 5.99. The number of hydrogen-bond acceptors (Lipinski definition) is 4. The maximum absolute atomic E-state index is 5.66. The summed E-state index contributed by atoms with van der Waals surface area (Å²) in [5, 5.41) is 3.47. The Morgan fingerprint density at radius 2 is 2.30 bits per heavy atom. The molecule has 0 amide bonds. The fourth-order valence-electron chi connectivity index (χ4n) is 3.31. The van der Waals surface area contributed by atoms with Crippen LogP contribution in [-0.2, 0) is 9.47 Å². The predicted molar refractivity (Wildman–Crippen MR) is 78.0 cm³/mol. The first-order chi connectivity index (χ1) is 9.83. The van der Waals surface area contributed by atoms with E-state index in [2.05, 4.69) is 21.1 Å². The summed E-state index contributed by atoms with van der Waals surface area (Å²) < 4.78 is 13.4. The lowest BCUT2D eigenvalue weighted by Gasteiger charge is -2.28. The molecule has 1 aromatic heterocycles. The minimum Gasteiger partial charge on any atom is -0.378 e. The van der Waals surface area contributed by atoms with Crippen LogP contribution in [0.15, 0.2) is 12.4 Å². The molecule has 1 N–H and O–H groups in total. The summed E-state index contributed by atoms with van der Waals surface area (Å²) in [7, 11) is 1.77. The van der Waals surface area contributed by atoms with Crippen LogP contribution in [-0.4, -0.2) is 42.0 Å². The van der Waals surface area contributed by atoms with Gasteiger partial charge < -0.3 is 19.4 Å². The third-order valence-electron chi connectivity index (χ3n) is 4.71. The Kier molecular flexibility index (Phi) is 4.27. The molecule has 1 aliphatic carbocycles. The van der Waals surface area contributed by atoms with E-state index in [4.69, 9.17) is 9.47 Å². The largest absolute Gasteiger partial charge is 0.378 e. The highest BCUT2D eigenvalue weighted by atomic mass is 16.5. The molecule has 5 heteroatoms. The number of methoxy groups -OCH3 is 1. The van der Waals surface area contributed by atoms with Gasteiger partial charge in [0.05, 0.1) is 6.61 Å². The molecule has 1 aliphatic heterocycles. The highest BCUT2D eigenvalue weighted by molar-refractivity contribution is 5.28. The van der Waals surface area contributed by atoms with Crippen LogP contribution in [0.5, 0.6) is 0 Å². The predicted octanol–water partition coefficient (Wildman–Crippen LogP) is 2.61. The minimum atomic E-state index is -0.191. The fraction of sp³-hybridized carbons (Fsp3) is 0.800. The van der Waals surface area contributed by atoms with Gasteiger partial charge in [-0.3, -0.25) is 0 Å². The van der Waals surface area contributed by atoms with Crippen LogP contribution in [0.4, 0.5) is 5.95 Å². The molecular weight excluding hydrogens is 254 g/mol. The molecule has 1 aromatic rings. The average Bonchev–Trinajstić information content (AvgIpc) is 3.16. The Hall–Kier alpha value is -1.07. The molecule has 1 unspecified atom stereocenters. The Bertz CT molecular complexity index is 421. The maximum atomic E-state index is 5.66. The lowest BCUT2D eigenvalue weighted by Crippen LogP contribution is -2.40. The summed E-state index contributed by atoms with van der Waals surface area (Å²) in [5.74, 6) is 0.972. The van der Waals surface area contributed by atoms with Crippen molar-refractivity contribution in [2.75, 3.05) is 32.2 Å². The molecule has 3 rings (SSSR count). The number of rotatable bonds is 5. The van der Waals surface area contributed by atoms with E-state index in [1.165, 1.54) is 32.1 Å². The number of hydrogen-bond donors (Lipinski definition) is 1. The normalized spacial score (nSPS) is 27.9. The average molecular weight is 279 g/mol. The first-order valence-corrected chi connectivity index (χ1v) is 7.73. The number of ether oxygens (including phenoxy) is 2. The smallest absolute Gasteiger partial charge is 0.203 e. The van der Waals surface area contributed by atoms with Gasteiger partial charge >= 0.3 is 0 Å². The molecule has 5 nitrogen and oxygen atoms in total. The molecule has 2 aliphatic rings. The monoisotopic (exact) mass is 279 g/mol. The van der Waals surface area contributed by atoms with Crippen molar-refractivity contribution in [2.45, 2.75) is 50.2 Å². The molecular formula is C15H25N3O2. The van der Waals surface area contributed by atoms with Gasteiger partial charge in [0.1, 0.15) is 5.60 Å². The molecule has 2 fully saturated rings. The van der Waals surface area contributed by atoms with E-state index < -0.39 is 0 Å². The summed E-state index contributed by atoms with van der Waals surface area (Å²) in [6.45, 7) is 2.21. The van der Waals surface area contributed by atoms with Gasteiger partial charge in [-0.25, -0.2) is 4.98 Å². The fourth-order valence-corrected chi connectivity index (χ4v) is 3.31. The second-order valence-corrected chi connectivity index (χ2v) is 5.99. The van der Waals surface area contributed by atoms with Gasteiger partial charge in [0.2, 0.25) is 5.95 Å². The first kappa shape index (κ1) is 13.9. The standard InChI is InChI=1S/C15H25N3O2/c1-19-15(7-10-20-12-15)11-17-14-16-8-9-18(14)13-5-3-2-4-6-13/h8-9,13H,2-7,10-12H2,1H3,(H,16,17). The van der Waals surface area contributed by atoms with Crippen molar-refractivity contribution in [3.63, 3.8) is 0 Å². The summed E-state index contributed by atoms with van der Waals surface area (Å²) in [6.07, 6.45) is 11.5. The third kappa shape index (κ3) is 2.83. The Morgan fingerprint density at radius 1 is 1.45 bits per heavy atom. The number of anilines is 1. The Labute approximate surface area is 120 Å². The first-order valence-electron chi connectivity index (χ1n) is 7.73. The van der Waals surface area contributed by atoms with Gasteiger partial charge in [-0.05, 0) is 12.8 Å². The summed E-state index contributed by atoms with van der Waals surface area (Å²) in [6, 6.07) is 0.604. The quantitative estimate of drug-likeness (QED) is 0.900. The lowest BCUT2D eigenvalue weighted by molar-refractivity contribution is -0.00637. The topological polar surface area (TPSA) is 48.3 Å². The van der Waals surface area contributed by atoms with Crippen molar-refractivity contribution >= 4 is 5.95 Å². The van der Waals surface area contributed by atoms with Crippen molar-refractivity contribution < 1.29 is 9.47 Å². The molecule has 1 saturated heterocycles. The number of imidazole rings is 1. The van der Waals surface area contributed by atoms with Crippen molar-refractivity contribution in [3.8, 4) is 0 Å². The van der Waals surface area contributed by atoms with Crippen molar-refractivity contribution in [2.24, 2.45) is 0 Å². The van der Waals surface area contributed by atoms with Crippen LogP contribution in [0.3, 0.4) is 0 Å². The van der Waals surface area contributed by atoms with Gasteiger partial charge in [-0.2, -0.15) is 0 Å². The molecule has 2 heterocycles. The summed E-state index contributed by atoms with van der Waals surface area (Å²) in [4.78, 5) is 4.47. The lowest BCUT2D eigenvalue weighted by atomic mass is 9.95. The van der Waals surface area contributed by atoms with Crippen LogP contribution in [0, 0.1) is 0 Å². The van der Waals surface area contributed by atoms with Crippen LogP contribution in [0.1, 0.15) is 44.6 Å². The molecule has 0 spiro atoms. The third-order valence-corrected chi connectivity index (χ3v) is 4.71. The minimum absolute atomic E-state index is 0.191.